The smallest absolute Gasteiger partial charge is 0.311 e. The average molecular weight is 290 g/mol. The Balaban J connectivity index is 2.24. The molecule has 1 aliphatic rings. The van der Waals surface area contributed by atoms with Gasteiger partial charge in [0, 0.05) is 13.0 Å². The number of carbonyl (C=O) groups is 2. The number of anilines is 1. The molecule has 18 heavy (non-hydrogen) atoms. The molecule has 1 unspecified atom stereocenters. The molecule has 1 aromatic heterocycles. The number of aromatic nitrogens is 2. The van der Waals surface area contributed by atoms with E-state index < -0.39 is 11.9 Å². The third kappa shape index (κ3) is 2.39. The van der Waals surface area contributed by atoms with E-state index in [-0.39, 0.29) is 35.0 Å². The fourth-order valence-corrected chi connectivity index (χ4v) is 2.18. The predicted octanol–water partition coefficient (Wildman–Crippen LogP) is 1.31. The van der Waals surface area contributed by atoms with Gasteiger partial charge in [0.1, 0.15) is 5.15 Å². The molecule has 0 N–H and O–H groups in total. The highest BCUT2D eigenvalue weighted by molar-refractivity contribution is 6.34. The van der Waals surface area contributed by atoms with Gasteiger partial charge in [0.05, 0.1) is 19.2 Å². The number of nitrogens with zero attached hydrogens (tertiary/aromatic N) is 3. The highest BCUT2D eigenvalue weighted by Crippen LogP contribution is 2.29. The lowest BCUT2D eigenvalue weighted by Gasteiger charge is -2.15. The first-order valence-corrected chi connectivity index (χ1v) is 5.84. The summed E-state index contributed by atoms with van der Waals surface area (Å²) in [5.41, 5.74) is 0. The van der Waals surface area contributed by atoms with Crippen LogP contribution in [0.1, 0.15) is 6.42 Å². The molecule has 1 amide bonds. The Hall–Kier alpha value is -1.40. The zero-order chi connectivity index (χ0) is 13.3. The molecule has 2 rings (SSSR count). The molecule has 1 aromatic rings. The van der Waals surface area contributed by atoms with Crippen LogP contribution in [0, 0.1) is 5.92 Å². The van der Waals surface area contributed by atoms with Crippen molar-refractivity contribution in [2.45, 2.75) is 6.42 Å². The summed E-state index contributed by atoms with van der Waals surface area (Å²) in [7, 11) is 1.28. The largest absolute Gasteiger partial charge is 0.469 e. The zero-order valence-electron chi connectivity index (χ0n) is 9.39. The Bertz CT molecular complexity index is 509. The molecule has 0 aliphatic carbocycles. The van der Waals surface area contributed by atoms with Gasteiger partial charge in [-0.25, -0.2) is 9.97 Å². The minimum Gasteiger partial charge on any atom is -0.469 e. The first-order chi connectivity index (χ1) is 8.52. The summed E-state index contributed by atoms with van der Waals surface area (Å²) in [6.45, 7) is 0.182. The molecule has 1 saturated heterocycles. The SMILES string of the molecule is COC(=O)C1CC(=O)N(c2ncc(Cl)nc2Cl)C1. The van der Waals surface area contributed by atoms with Crippen molar-refractivity contribution in [3.63, 3.8) is 0 Å². The van der Waals surface area contributed by atoms with E-state index >= 15 is 0 Å². The third-order valence-corrected chi connectivity index (χ3v) is 3.03. The van der Waals surface area contributed by atoms with E-state index in [4.69, 9.17) is 23.2 Å². The Morgan fingerprint density at radius 2 is 2.28 bits per heavy atom. The number of hydrogen-bond acceptors (Lipinski definition) is 5. The van der Waals surface area contributed by atoms with E-state index in [9.17, 15) is 9.59 Å². The van der Waals surface area contributed by atoms with Gasteiger partial charge in [0.2, 0.25) is 5.91 Å². The lowest BCUT2D eigenvalue weighted by Crippen LogP contribution is -2.27. The summed E-state index contributed by atoms with van der Waals surface area (Å²) in [5.74, 6) is -0.971. The maximum Gasteiger partial charge on any atom is 0.311 e. The fraction of sp³-hybridized carbons (Fsp3) is 0.400. The molecule has 0 bridgehead atoms. The number of hydrogen-bond donors (Lipinski definition) is 0. The molecule has 6 nitrogen and oxygen atoms in total. The van der Waals surface area contributed by atoms with E-state index in [1.807, 2.05) is 0 Å². The molecule has 8 heteroatoms. The molecule has 0 saturated carbocycles. The molecular weight excluding hydrogens is 281 g/mol. The van der Waals surface area contributed by atoms with E-state index in [1.54, 1.807) is 0 Å². The summed E-state index contributed by atoms with van der Waals surface area (Å²) in [5, 5.41) is 0.168. The number of methoxy groups -OCH3 is 1. The Kier molecular flexibility index (Phi) is 3.68. The average Bonchev–Trinajstić information content (AvgIpc) is 2.70. The second-order valence-electron chi connectivity index (χ2n) is 3.74. The quantitative estimate of drug-likeness (QED) is 0.768. The molecule has 0 aromatic carbocycles. The topological polar surface area (TPSA) is 72.4 Å². The number of carbonyl (C=O) groups excluding carboxylic acids is 2. The van der Waals surface area contributed by atoms with Crippen LogP contribution in [0.4, 0.5) is 5.82 Å². The van der Waals surface area contributed by atoms with Gasteiger partial charge in [0.25, 0.3) is 0 Å². The van der Waals surface area contributed by atoms with Crippen LogP contribution in [0.15, 0.2) is 6.20 Å². The molecule has 0 radical (unpaired) electrons. The van der Waals surface area contributed by atoms with Crippen LogP contribution in [-0.2, 0) is 14.3 Å². The van der Waals surface area contributed by atoms with Gasteiger partial charge in [-0.1, -0.05) is 23.2 Å². The van der Waals surface area contributed by atoms with Crippen molar-refractivity contribution in [1.29, 1.82) is 0 Å². The summed E-state index contributed by atoms with van der Waals surface area (Å²) in [6.07, 6.45) is 1.37. The summed E-state index contributed by atoms with van der Waals surface area (Å²) in [6, 6.07) is 0. The van der Waals surface area contributed by atoms with E-state index in [0.717, 1.165) is 0 Å². The normalized spacial score (nSPS) is 19.2. The monoisotopic (exact) mass is 289 g/mol. The van der Waals surface area contributed by atoms with Crippen LogP contribution in [0.25, 0.3) is 0 Å². The highest BCUT2D eigenvalue weighted by atomic mass is 35.5. The molecule has 2 heterocycles. The summed E-state index contributed by atoms with van der Waals surface area (Å²) >= 11 is 11.5. The molecule has 1 atom stereocenters. The van der Waals surface area contributed by atoms with Gasteiger partial charge in [-0.15, -0.1) is 0 Å². The fourth-order valence-electron chi connectivity index (χ4n) is 1.76. The van der Waals surface area contributed by atoms with Crippen molar-refractivity contribution in [3.05, 3.63) is 16.5 Å². The number of halogens is 2. The lowest BCUT2D eigenvalue weighted by atomic mass is 10.1. The second-order valence-corrected chi connectivity index (χ2v) is 4.48. The standard InChI is InChI=1S/C10H9Cl2N3O3/c1-18-10(17)5-2-7(16)15(4-5)9-8(12)14-6(11)3-13-9/h3,5H,2,4H2,1H3. The van der Waals surface area contributed by atoms with Gasteiger partial charge in [-0.3, -0.25) is 14.5 Å². The van der Waals surface area contributed by atoms with Crippen LogP contribution >= 0.6 is 23.2 Å². The Morgan fingerprint density at radius 3 is 2.89 bits per heavy atom. The number of rotatable bonds is 2. The first kappa shape index (κ1) is 13.0. The Morgan fingerprint density at radius 1 is 1.56 bits per heavy atom. The van der Waals surface area contributed by atoms with Crippen LogP contribution in [0.5, 0.6) is 0 Å². The Labute approximate surface area is 113 Å². The van der Waals surface area contributed by atoms with Gasteiger partial charge in [-0.05, 0) is 0 Å². The zero-order valence-corrected chi connectivity index (χ0v) is 10.9. The lowest BCUT2D eigenvalue weighted by molar-refractivity contribution is -0.145. The molecule has 1 fully saturated rings. The molecule has 1 aliphatic heterocycles. The van der Waals surface area contributed by atoms with E-state index in [1.165, 1.54) is 18.2 Å². The molecular formula is C10H9Cl2N3O3. The van der Waals surface area contributed by atoms with Gasteiger partial charge in [0.15, 0.2) is 11.0 Å². The molecule has 96 valence electrons. The van der Waals surface area contributed by atoms with Gasteiger partial charge < -0.3 is 4.74 Å². The van der Waals surface area contributed by atoms with Crippen molar-refractivity contribution < 1.29 is 14.3 Å². The number of amides is 1. The number of ether oxygens (including phenoxy) is 1. The first-order valence-electron chi connectivity index (χ1n) is 5.09. The van der Waals surface area contributed by atoms with Crippen LogP contribution < -0.4 is 4.90 Å². The van der Waals surface area contributed by atoms with Gasteiger partial charge >= 0.3 is 5.97 Å². The van der Waals surface area contributed by atoms with Gasteiger partial charge in [-0.2, -0.15) is 0 Å². The van der Waals surface area contributed by atoms with Crippen molar-refractivity contribution in [2.24, 2.45) is 5.92 Å². The minimum absolute atomic E-state index is 0.0290. The van der Waals surface area contributed by atoms with Crippen molar-refractivity contribution in [1.82, 2.24) is 9.97 Å². The summed E-state index contributed by atoms with van der Waals surface area (Å²) < 4.78 is 4.61. The third-order valence-electron chi connectivity index (χ3n) is 2.60. The van der Waals surface area contributed by atoms with Crippen LogP contribution in [0.2, 0.25) is 10.3 Å². The van der Waals surface area contributed by atoms with Crippen molar-refractivity contribution >= 4 is 40.9 Å². The van der Waals surface area contributed by atoms with Crippen LogP contribution in [-0.4, -0.2) is 35.5 Å². The number of esters is 1. The predicted molar refractivity (Wildman–Crippen MR) is 64.5 cm³/mol. The second kappa shape index (κ2) is 5.07. The summed E-state index contributed by atoms with van der Waals surface area (Å²) in [4.78, 5) is 32.3. The minimum atomic E-state index is -0.504. The highest BCUT2D eigenvalue weighted by Gasteiger charge is 2.37. The maximum atomic E-state index is 11.8. The van der Waals surface area contributed by atoms with Crippen LogP contribution in [0.3, 0.4) is 0 Å². The van der Waals surface area contributed by atoms with E-state index in [0.29, 0.717) is 0 Å². The molecule has 0 spiro atoms. The van der Waals surface area contributed by atoms with E-state index in [2.05, 4.69) is 14.7 Å². The maximum absolute atomic E-state index is 11.8. The van der Waals surface area contributed by atoms with Crippen molar-refractivity contribution in [2.75, 3.05) is 18.6 Å². The van der Waals surface area contributed by atoms with Crippen molar-refractivity contribution in [3.8, 4) is 0 Å².